The molecule has 10 N–H and O–H groups in total. The van der Waals surface area contributed by atoms with Gasteiger partial charge in [0, 0.05) is 0 Å². The Bertz CT molecular complexity index is 232. The number of hydrogen-bond acceptors (Lipinski definition) is 2. The highest BCUT2D eigenvalue weighted by Gasteiger charge is 1.57. The van der Waals surface area contributed by atoms with Crippen LogP contribution in [0.1, 0.15) is 0 Å². The summed E-state index contributed by atoms with van der Waals surface area (Å²) in [5, 5.41) is 12.3. The minimum absolute atomic E-state index is 0.329. The molecule has 0 radical (unpaired) electrons. The van der Waals surface area contributed by atoms with Gasteiger partial charge in [-0.3, -0.25) is 10.8 Å². The molecule has 0 saturated heterocycles. The monoisotopic (exact) mass is 197 g/mol. The number of rotatable bonds is 0. The van der Waals surface area contributed by atoms with Crippen LogP contribution in [-0.4, -0.2) is 11.9 Å². The summed E-state index contributed by atoms with van der Waals surface area (Å²) in [5.41, 5.74) is 15.2. The Morgan fingerprint density at radius 1 is 0.786 bits per heavy atom. The van der Waals surface area contributed by atoms with E-state index in [0.29, 0.717) is 0 Å². The van der Waals surface area contributed by atoms with Crippen LogP contribution in [0.15, 0.2) is 36.4 Å². The van der Waals surface area contributed by atoms with Crippen LogP contribution in [-0.2, 0) is 0 Å². The van der Waals surface area contributed by atoms with Gasteiger partial charge in [-0.1, -0.05) is 36.4 Å². The molecule has 0 aliphatic carbocycles. The van der Waals surface area contributed by atoms with Crippen molar-refractivity contribution in [3.63, 3.8) is 0 Å². The van der Waals surface area contributed by atoms with Crippen molar-refractivity contribution in [3.05, 3.63) is 36.4 Å². The van der Waals surface area contributed by atoms with E-state index in [1.807, 2.05) is 36.4 Å². The molecule has 0 saturated carbocycles. The van der Waals surface area contributed by atoms with Gasteiger partial charge in [0.05, 0.1) is 0 Å². The topological polar surface area (TPSA) is 152 Å². The zero-order valence-corrected chi connectivity index (χ0v) is 7.70. The molecule has 0 aromatic heterocycles. The minimum Gasteiger partial charge on any atom is -0.370 e. The first-order valence-corrected chi connectivity index (χ1v) is 3.62. The van der Waals surface area contributed by atoms with E-state index >= 15 is 0 Å². The summed E-state index contributed by atoms with van der Waals surface area (Å²) in [7, 11) is 0. The number of hydrogen-bond donors (Lipinski definition) is 6. The van der Waals surface area contributed by atoms with Crippen LogP contribution in [0.5, 0.6) is 0 Å². The molecule has 78 valence electrons. The standard InChI is InChI=1S/C6H6.2CH5N3/c1-2-4-6-5-3-1;2*2-1(3)4/h1-6H;2*(H5,2,3,4)/i/hD. The Labute approximate surface area is 84.4 Å². The average molecular weight is 197 g/mol. The van der Waals surface area contributed by atoms with E-state index in [4.69, 9.17) is 12.2 Å². The Kier molecular flexibility index (Phi) is 9.04. The second kappa shape index (κ2) is 10.8. The van der Waals surface area contributed by atoms with Crippen LogP contribution in [0, 0.1) is 10.8 Å². The van der Waals surface area contributed by atoms with Gasteiger partial charge in [0.25, 0.3) is 0 Å². The molecule has 1 aromatic carbocycles. The largest absolute Gasteiger partial charge is 0.370 e. The van der Waals surface area contributed by atoms with Gasteiger partial charge in [0.1, 0.15) is 0 Å². The van der Waals surface area contributed by atoms with E-state index in [1.54, 1.807) is 5.73 Å². The Morgan fingerprint density at radius 2 is 0.929 bits per heavy atom. The molecule has 0 aliphatic rings. The molecule has 0 spiro atoms. The fourth-order valence-corrected chi connectivity index (χ4v) is 0.385. The minimum atomic E-state index is -0.333. The van der Waals surface area contributed by atoms with E-state index in [9.17, 15) is 0 Å². The van der Waals surface area contributed by atoms with Crippen molar-refractivity contribution in [2.45, 2.75) is 0 Å². The third-order valence-corrected chi connectivity index (χ3v) is 0.667. The summed E-state index contributed by atoms with van der Waals surface area (Å²) in [5.74, 6) is -0.662. The quantitative estimate of drug-likeness (QED) is 0.242. The highest BCUT2D eigenvalue weighted by atomic mass is 14.9. The van der Waals surface area contributed by atoms with Crippen molar-refractivity contribution < 1.29 is 1.41 Å². The lowest BCUT2D eigenvalue weighted by atomic mass is 10.4. The molecule has 0 aliphatic heterocycles. The van der Waals surface area contributed by atoms with Gasteiger partial charge in [-0.25, -0.2) is 0 Å². The fourth-order valence-electron chi connectivity index (χ4n) is 0.385. The number of guanidine groups is 2. The molecule has 0 heterocycles. The summed E-state index contributed by atoms with van der Waals surface area (Å²) in [4.78, 5) is 0. The van der Waals surface area contributed by atoms with Gasteiger partial charge in [-0.2, -0.15) is 0 Å². The highest BCUT2D eigenvalue weighted by molar-refractivity contribution is 5.72. The molecule has 14 heavy (non-hydrogen) atoms. The summed E-state index contributed by atoms with van der Waals surface area (Å²) >= 11 is 0. The predicted octanol–water partition coefficient (Wildman–Crippen LogP) is -0.636. The Morgan fingerprint density at radius 3 is 1.00 bits per heavy atom. The smallest absolute Gasteiger partial charge is 0.183 e. The molecule has 0 unspecified atom stereocenters. The average Bonchev–Trinajstić information content (AvgIpc) is 2.20. The van der Waals surface area contributed by atoms with Crippen LogP contribution < -0.4 is 22.9 Å². The third kappa shape index (κ3) is 53.0. The van der Waals surface area contributed by atoms with Crippen LogP contribution >= 0.6 is 0 Å². The van der Waals surface area contributed by atoms with Gasteiger partial charge in [-0.15, -0.1) is 0 Å². The maximum absolute atomic E-state index is 6.22. The first-order valence-electron chi connectivity index (χ1n) is 4.12. The van der Waals surface area contributed by atoms with Crippen LogP contribution in [0.25, 0.3) is 0 Å². The zero-order chi connectivity index (χ0) is 12.1. The van der Waals surface area contributed by atoms with Crippen molar-refractivity contribution in [3.8, 4) is 0 Å². The van der Waals surface area contributed by atoms with Crippen LogP contribution in [0.2, 0.25) is 1.41 Å². The van der Waals surface area contributed by atoms with Crippen molar-refractivity contribution >= 4 is 11.9 Å². The summed E-state index contributed by atoms with van der Waals surface area (Å²) in [6.07, 6.45) is 0. The van der Waals surface area contributed by atoms with E-state index in [2.05, 4.69) is 17.2 Å². The Balaban J connectivity index is 0. The van der Waals surface area contributed by atoms with Crippen molar-refractivity contribution in [1.29, 1.82) is 10.8 Å². The van der Waals surface area contributed by atoms with E-state index in [0.717, 1.165) is 0 Å². The number of nitrogens with two attached hydrogens (primary N) is 4. The van der Waals surface area contributed by atoms with E-state index in [-0.39, 0.29) is 11.9 Å². The van der Waals surface area contributed by atoms with Crippen LogP contribution in [0.3, 0.4) is 0 Å². The lowest BCUT2D eigenvalue weighted by Crippen LogP contribution is -2.20. The maximum Gasteiger partial charge on any atom is 0.183 e. The molecule has 1 aromatic rings. The molecule has 6 heteroatoms. The maximum atomic E-state index is 6.22. The second-order valence-electron chi connectivity index (χ2n) is 2.02. The normalized spacial score (nSPS) is 7.57. The Hall–Kier alpha value is -2.24. The molecule has 6 nitrogen and oxygen atoms in total. The second-order valence-corrected chi connectivity index (χ2v) is 2.02. The lowest BCUT2D eigenvalue weighted by Gasteiger charge is -1.69. The molecule has 0 atom stereocenters. The summed E-state index contributed by atoms with van der Waals surface area (Å²) < 4.78 is 6.06. The van der Waals surface area contributed by atoms with Gasteiger partial charge in [0.2, 0.25) is 0 Å². The van der Waals surface area contributed by atoms with Gasteiger partial charge in [0.15, 0.2) is 13.3 Å². The van der Waals surface area contributed by atoms with Crippen molar-refractivity contribution in [2.24, 2.45) is 22.9 Å². The summed E-state index contributed by atoms with van der Waals surface area (Å²) in [6, 6.07) is 12.0. The zero-order valence-electron chi connectivity index (χ0n) is 8.70. The van der Waals surface area contributed by atoms with Crippen molar-refractivity contribution in [2.75, 3.05) is 0 Å². The number of nitrogens with one attached hydrogen (secondary N) is 2. The SMILES string of the molecule is N=C(N)N.[2H]NC(=N)N.c1ccccc1. The van der Waals surface area contributed by atoms with Gasteiger partial charge in [-0.05, 0) is 0 Å². The molecule has 0 amide bonds. The first kappa shape index (κ1) is 11.8. The lowest BCUT2D eigenvalue weighted by molar-refractivity contribution is 1.38. The molecule has 0 fully saturated rings. The molecular weight excluding hydrogens is 180 g/mol. The first-order chi connectivity index (χ1) is 7.00. The molecular formula is C8H16N6. The van der Waals surface area contributed by atoms with Gasteiger partial charge < -0.3 is 22.9 Å². The molecule has 1 rings (SSSR count). The molecule has 0 bridgehead atoms. The fraction of sp³-hybridized carbons (Fsp3) is 0. The van der Waals surface area contributed by atoms with Crippen LogP contribution in [0.4, 0.5) is 0 Å². The van der Waals surface area contributed by atoms with Gasteiger partial charge >= 0.3 is 0 Å². The van der Waals surface area contributed by atoms with Crippen molar-refractivity contribution in [1.82, 2.24) is 0 Å². The van der Waals surface area contributed by atoms with E-state index in [1.165, 1.54) is 0 Å². The third-order valence-electron chi connectivity index (χ3n) is 0.667. The predicted molar refractivity (Wildman–Crippen MR) is 58.6 cm³/mol. The van der Waals surface area contributed by atoms with E-state index < -0.39 is 0 Å². The highest BCUT2D eigenvalue weighted by Crippen LogP contribution is 1.79. The summed E-state index contributed by atoms with van der Waals surface area (Å²) in [6.45, 7) is 0. The number of benzene rings is 1.